The Hall–Kier alpha value is -1.81. The molecule has 2 bridgehead atoms. The first-order valence-electron chi connectivity index (χ1n) is 8.50. The van der Waals surface area contributed by atoms with Crippen LogP contribution in [0.25, 0.3) is 0 Å². The largest absolute Gasteiger partial charge is 0.481 e. The summed E-state index contributed by atoms with van der Waals surface area (Å²) in [5.74, 6) is -2.24. The number of anilines is 1. The van der Waals surface area contributed by atoms with Crippen LogP contribution in [0.2, 0.25) is 5.02 Å². The predicted octanol–water partition coefficient (Wildman–Crippen LogP) is 3.93. The fourth-order valence-electron chi connectivity index (χ4n) is 4.19. The van der Waals surface area contributed by atoms with Crippen LogP contribution in [-0.2, 0) is 22.4 Å². The van der Waals surface area contributed by atoms with E-state index in [2.05, 4.69) is 5.32 Å². The van der Waals surface area contributed by atoms with Crippen LogP contribution in [-0.4, -0.2) is 17.0 Å². The molecule has 24 heavy (non-hydrogen) atoms. The van der Waals surface area contributed by atoms with Crippen LogP contribution in [0.1, 0.15) is 31.4 Å². The van der Waals surface area contributed by atoms with Crippen LogP contribution in [0.5, 0.6) is 0 Å². The smallest absolute Gasteiger partial charge is 0.307 e. The van der Waals surface area contributed by atoms with Crippen LogP contribution in [0.3, 0.4) is 0 Å². The van der Waals surface area contributed by atoms with Crippen molar-refractivity contribution >= 4 is 29.2 Å². The molecule has 2 aliphatic rings. The maximum Gasteiger partial charge on any atom is 0.307 e. The number of fused-ring (bicyclic) bond motifs is 2. The molecular formula is C19H22ClNO3. The van der Waals surface area contributed by atoms with E-state index in [4.69, 9.17) is 11.6 Å². The Bertz CT molecular complexity index is 713. The lowest BCUT2D eigenvalue weighted by Crippen LogP contribution is -2.36. The number of halogens is 1. The molecule has 4 unspecified atom stereocenters. The van der Waals surface area contributed by atoms with Crippen LogP contribution in [0, 0.1) is 23.7 Å². The van der Waals surface area contributed by atoms with Gasteiger partial charge < -0.3 is 10.4 Å². The molecule has 1 aromatic carbocycles. The molecule has 0 saturated heterocycles. The van der Waals surface area contributed by atoms with Gasteiger partial charge in [-0.2, -0.15) is 0 Å². The highest BCUT2D eigenvalue weighted by molar-refractivity contribution is 6.32. The summed E-state index contributed by atoms with van der Waals surface area (Å²) in [7, 11) is 0. The minimum atomic E-state index is -0.885. The third-order valence-electron chi connectivity index (χ3n) is 5.37. The maximum absolute atomic E-state index is 12.9. The van der Waals surface area contributed by atoms with Gasteiger partial charge in [0.25, 0.3) is 0 Å². The van der Waals surface area contributed by atoms with Crippen molar-refractivity contribution < 1.29 is 14.7 Å². The van der Waals surface area contributed by atoms with Crippen LogP contribution >= 0.6 is 11.6 Å². The standard InChI is InChI=1S/C19H22ClNO3/c1-3-10-7-8-14(20)13(4-2)17(10)21-18(22)15-11-5-6-12(9-11)16(15)19(23)24/h5-8,11-12,15-16H,3-4,9H2,1-2H3,(H,21,22)(H,23,24). The van der Waals surface area contributed by atoms with Crippen molar-refractivity contribution in [3.05, 3.63) is 40.4 Å². The average molecular weight is 348 g/mol. The lowest BCUT2D eigenvalue weighted by atomic mass is 9.82. The second-order valence-corrected chi connectivity index (χ2v) is 7.00. The molecule has 1 amide bonds. The van der Waals surface area contributed by atoms with Gasteiger partial charge in [-0.3, -0.25) is 9.59 Å². The number of carbonyl (C=O) groups excluding carboxylic acids is 1. The summed E-state index contributed by atoms with van der Waals surface area (Å²) >= 11 is 6.29. The maximum atomic E-state index is 12.9. The molecule has 0 heterocycles. The molecule has 0 aromatic heterocycles. The zero-order valence-electron chi connectivity index (χ0n) is 13.9. The van der Waals surface area contributed by atoms with Crippen LogP contribution in [0.15, 0.2) is 24.3 Å². The Morgan fingerprint density at radius 1 is 1.17 bits per heavy atom. The summed E-state index contributed by atoms with van der Waals surface area (Å²) in [6.45, 7) is 4.02. The molecule has 1 fully saturated rings. The van der Waals surface area contributed by atoms with Gasteiger partial charge in [0.1, 0.15) is 0 Å². The first-order chi connectivity index (χ1) is 11.5. The lowest BCUT2D eigenvalue weighted by Gasteiger charge is -2.25. The third kappa shape index (κ3) is 2.73. The molecule has 0 spiro atoms. The Morgan fingerprint density at radius 3 is 2.42 bits per heavy atom. The zero-order valence-corrected chi connectivity index (χ0v) is 14.6. The van der Waals surface area contributed by atoms with Gasteiger partial charge in [-0.25, -0.2) is 0 Å². The summed E-state index contributed by atoms with van der Waals surface area (Å²) in [5, 5.41) is 13.2. The van der Waals surface area contributed by atoms with Gasteiger partial charge in [0.2, 0.25) is 5.91 Å². The summed E-state index contributed by atoms with van der Waals surface area (Å²) in [6, 6.07) is 3.78. The molecule has 0 aliphatic heterocycles. The molecule has 0 radical (unpaired) electrons. The molecule has 1 saturated carbocycles. The first kappa shape index (κ1) is 17.0. The van der Waals surface area contributed by atoms with Crippen LogP contribution in [0.4, 0.5) is 5.69 Å². The quantitative estimate of drug-likeness (QED) is 0.793. The highest BCUT2D eigenvalue weighted by atomic mass is 35.5. The highest BCUT2D eigenvalue weighted by Gasteiger charge is 2.51. The minimum absolute atomic E-state index is 0.0189. The van der Waals surface area contributed by atoms with Crippen molar-refractivity contribution in [2.75, 3.05) is 5.32 Å². The van der Waals surface area contributed by atoms with Gasteiger partial charge in [0.05, 0.1) is 11.8 Å². The number of amides is 1. The molecule has 2 N–H and O–H groups in total. The van der Waals surface area contributed by atoms with Gasteiger partial charge >= 0.3 is 5.97 Å². The minimum Gasteiger partial charge on any atom is -0.481 e. The van der Waals surface area contributed by atoms with Crippen LogP contribution < -0.4 is 5.32 Å². The van der Waals surface area contributed by atoms with Crippen molar-refractivity contribution in [1.29, 1.82) is 0 Å². The summed E-state index contributed by atoms with van der Waals surface area (Å²) < 4.78 is 0. The van der Waals surface area contributed by atoms with E-state index in [9.17, 15) is 14.7 Å². The molecule has 5 heteroatoms. The number of hydrogen-bond acceptors (Lipinski definition) is 2. The molecule has 4 atom stereocenters. The van der Waals surface area contributed by atoms with Crippen molar-refractivity contribution in [3.8, 4) is 0 Å². The molecule has 3 rings (SSSR count). The van der Waals surface area contributed by atoms with E-state index >= 15 is 0 Å². The molecule has 4 nitrogen and oxygen atoms in total. The monoisotopic (exact) mass is 347 g/mol. The number of nitrogens with one attached hydrogen (secondary N) is 1. The van der Waals surface area contributed by atoms with Crippen molar-refractivity contribution in [2.24, 2.45) is 23.7 Å². The van der Waals surface area contributed by atoms with E-state index in [0.29, 0.717) is 11.4 Å². The predicted molar refractivity (Wildman–Crippen MR) is 94.2 cm³/mol. The van der Waals surface area contributed by atoms with E-state index in [1.54, 1.807) is 0 Å². The van der Waals surface area contributed by atoms with Gasteiger partial charge in [-0.15, -0.1) is 0 Å². The second-order valence-electron chi connectivity index (χ2n) is 6.59. The number of carbonyl (C=O) groups is 2. The van der Waals surface area contributed by atoms with E-state index in [0.717, 1.165) is 29.7 Å². The van der Waals surface area contributed by atoms with E-state index < -0.39 is 17.8 Å². The number of carboxylic acids is 1. The lowest BCUT2D eigenvalue weighted by molar-refractivity contribution is -0.146. The van der Waals surface area contributed by atoms with Crippen molar-refractivity contribution in [3.63, 3.8) is 0 Å². The Balaban J connectivity index is 1.92. The van der Waals surface area contributed by atoms with Gasteiger partial charge in [-0.05, 0) is 48.3 Å². The summed E-state index contributed by atoms with van der Waals surface area (Å²) in [4.78, 5) is 24.5. The zero-order chi connectivity index (χ0) is 17.4. The Kier molecular flexibility index (Phi) is 4.68. The number of benzene rings is 1. The molecular weight excluding hydrogens is 326 g/mol. The number of carboxylic acid groups (broad SMARTS) is 1. The van der Waals surface area contributed by atoms with Gasteiger partial charge in [0, 0.05) is 10.7 Å². The molecule has 128 valence electrons. The Labute approximate surface area is 146 Å². The van der Waals surface area contributed by atoms with Gasteiger partial charge in [-0.1, -0.05) is 43.7 Å². The van der Waals surface area contributed by atoms with E-state index in [-0.39, 0.29) is 17.7 Å². The average Bonchev–Trinajstić information content (AvgIpc) is 3.16. The number of aliphatic carboxylic acids is 1. The first-order valence-corrected chi connectivity index (χ1v) is 8.87. The molecule has 2 aliphatic carbocycles. The summed E-state index contributed by atoms with van der Waals surface area (Å²) in [6.07, 6.45) is 6.18. The van der Waals surface area contributed by atoms with Crippen molar-refractivity contribution in [1.82, 2.24) is 0 Å². The number of allylic oxidation sites excluding steroid dienone is 2. The Morgan fingerprint density at radius 2 is 1.83 bits per heavy atom. The molecule has 1 aromatic rings. The highest BCUT2D eigenvalue weighted by Crippen LogP contribution is 2.48. The fourth-order valence-corrected chi connectivity index (χ4v) is 4.48. The normalized spacial score (nSPS) is 27.5. The second kappa shape index (κ2) is 6.60. The van der Waals surface area contributed by atoms with E-state index in [1.165, 1.54) is 0 Å². The fraction of sp³-hybridized carbons (Fsp3) is 0.474. The third-order valence-corrected chi connectivity index (χ3v) is 5.73. The topological polar surface area (TPSA) is 66.4 Å². The van der Waals surface area contributed by atoms with E-state index in [1.807, 2.05) is 38.1 Å². The number of rotatable bonds is 5. The SMILES string of the molecule is CCc1ccc(Cl)c(CC)c1NC(=O)C1C2C=CC(C2)C1C(=O)O. The number of aryl methyl sites for hydroxylation is 1. The van der Waals surface area contributed by atoms with Crippen molar-refractivity contribution in [2.45, 2.75) is 33.1 Å². The number of hydrogen-bond donors (Lipinski definition) is 2. The summed E-state index contributed by atoms with van der Waals surface area (Å²) in [5.41, 5.74) is 2.69. The van der Waals surface area contributed by atoms with Gasteiger partial charge in [0.15, 0.2) is 0 Å².